The molecule has 2 heterocycles. The highest BCUT2D eigenvalue weighted by atomic mass is 15.3. The van der Waals surface area contributed by atoms with Crippen molar-refractivity contribution in [3.8, 4) is 0 Å². The van der Waals surface area contributed by atoms with Crippen LogP contribution < -0.4 is 15.5 Å². The van der Waals surface area contributed by atoms with Gasteiger partial charge < -0.3 is 15.5 Å². The molecule has 140 valence electrons. The Morgan fingerprint density at radius 1 is 1.31 bits per heavy atom. The third kappa shape index (κ3) is 4.74. The van der Waals surface area contributed by atoms with Crippen molar-refractivity contribution in [2.75, 3.05) is 24.5 Å². The Bertz CT molecular complexity index is 720. The van der Waals surface area contributed by atoms with E-state index in [-0.39, 0.29) is 0 Å². The first-order chi connectivity index (χ1) is 12.7. The number of guanidine groups is 1. The summed E-state index contributed by atoms with van der Waals surface area (Å²) in [5.74, 6) is 1.69. The van der Waals surface area contributed by atoms with Gasteiger partial charge in [0.2, 0.25) is 0 Å². The van der Waals surface area contributed by atoms with Crippen molar-refractivity contribution in [1.82, 2.24) is 25.4 Å². The van der Waals surface area contributed by atoms with Crippen LogP contribution in [0.15, 0.2) is 35.6 Å². The predicted molar refractivity (Wildman–Crippen MR) is 105 cm³/mol. The highest BCUT2D eigenvalue weighted by Crippen LogP contribution is 2.20. The minimum atomic E-state index is 0.377. The van der Waals surface area contributed by atoms with E-state index in [9.17, 15) is 0 Å². The molecule has 1 saturated heterocycles. The molecule has 0 spiro atoms. The van der Waals surface area contributed by atoms with Crippen molar-refractivity contribution in [3.05, 3.63) is 42.0 Å². The van der Waals surface area contributed by atoms with Crippen molar-refractivity contribution in [3.63, 3.8) is 0 Å². The van der Waals surface area contributed by atoms with E-state index >= 15 is 0 Å². The average molecular weight is 355 g/mol. The molecule has 1 aliphatic heterocycles. The molecule has 1 unspecified atom stereocenters. The minimum Gasteiger partial charge on any atom is -0.369 e. The van der Waals surface area contributed by atoms with Gasteiger partial charge in [0, 0.05) is 38.4 Å². The monoisotopic (exact) mass is 355 g/mol. The van der Waals surface area contributed by atoms with Gasteiger partial charge in [-0.05, 0) is 38.8 Å². The van der Waals surface area contributed by atoms with Crippen LogP contribution in [0.1, 0.15) is 31.2 Å². The molecular weight excluding hydrogens is 326 g/mol. The Balaban J connectivity index is 1.62. The number of aromatic nitrogens is 3. The molecular formula is C19H29N7. The van der Waals surface area contributed by atoms with Crippen molar-refractivity contribution < 1.29 is 0 Å². The van der Waals surface area contributed by atoms with Gasteiger partial charge in [0.15, 0.2) is 5.96 Å². The van der Waals surface area contributed by atoms with Crippen molar-refractivity contribution in [1.29, 1.82) is 0 Å². The number of anilines is 1. The van der Waals surface area contributed by atoms with Crippen molar-refractivity contribution in [2.45, 2.75) is 39.3 Å². The number of piperidine rings is 1. The second-order valence-corrected chi connectivity index (χ2v) is 6.76. The zero-order chi connectivity index (χ0) is 18.4. The molecule has 0 saturated carbocycles. The number of hydrogen-bond acceptors (Lipinski definition) is 4. The lowest BCUT2D eigenvalue weighted by molar-refractivity contribution is 0.468. The van der Waals surface area contributed by atoms with E-state index in [0.29, 0.717) is 12.6 Å². The van der Waals surface area contributed by atoms with Crippen LogP contribution in [-0.4, -0.2) is 46.4 Å². The summed E-state index contributed by atoms with van der Waals surface area (Å²) in [7, 11) is 1.89. The molecule has 7 heteroatoms. The highest BCUT2D eigenvalue weighted by molar-refractivity contribution is 5.80. The Morgan fingerprint density at radius 3 is 2.81 bits per heavy atom. The first-order valence-corrected chi connectivity index (χ1v) is 9.35. The van der Waals surface area contributed by atoms with Gasteiger partial charge in [-0.2, -0.15) is 5.10 Å². The molecule has 7 nitrogen and oxygen atoms in total. The molecule has 0 amide bonds. The highest BCUT2D eigenvalue weighted by Gasteiger charge is 2.21. The third-order valence-electron chi connectivity index (χ3n) is 4.69. The molecule has 0 bridgehead atoms. The summed E-state index contributed by atoms with van der Waals surface area (Å²) in [6.07, 6.45) is 3.89. The van der Waals surface area contributed by atoms with E-state index in [1.165, 1.54) is 17.7 Å². The molecule has 1 aromatic heterocycles. The lowest BCUT2D eigenvalue weighted by Crippen LogP contribution is -2.51. The van der Waals surface area contributed by atoms with Crippen LogP contribution in [0, 0.1) is 6.92 Å². The Kier molecular flexibility index (Phi) is 6.09. The molecule has 1 aromatic carbocycles. The maximum Gasteiger partial charge on any atom is 0.191 e. The minimum absolute atomic E-state index is 0.377. The van der Waals surface area contributed by atoms with Crippen molar-refractivity contribution in [2.24, 2.45) is 12.0 Å². The number of nitrogens with one attached hydrogen (secondary N) is 2. The summed E-state index contributed by atoms with van der Waals surface area (Å²) in [5.41, 5.74) is 2.59. The quantitative estimate of drug-likeness (QED) is 0.633. The number of rotatable bonds is 5. The second-order valence-electron chi connectivity index (χ2n) is 6.76. The first-order valence-electron chi connectivity index (χ1n) is 9.35. The van der Waals surface area contributed by atoms with E-state index in [0.717, 1.165) is 37.8 Å². The summed E-state index contributed by atoms with van der Waals surface area (Å²) >= 11 is 0. The van der Waals surface area contributed by atoms with Gasteiger partial charge in [-0.15, -0.1) is 0 Å². The second kappa shape index (κ2) is 8.69. The van der Waals surface area contributed by atoms with Gasteiger partial charge in [0.1, 0.15) is 18.7 Å². The average Bonchev–Trinajstić information content (AvgIpc) is 3.06. The Labute approximate surface area is 155 Å². The van der Waals surface area contributed by atoms with Gasteiger partial charge >= 0.3 is 0 Å². The van der Waals surface area contributed by atoms with E-state index in [4.69, 9.17) is 0 Å². The van der Waals surface area contributed by atoms with Crippen LogP contribution in [0.4, 0.5) is 5.69 Å². The maximum atomic E-state index is 4.67. The Hall–Kier alpha value is -2.57. The summed E-state index contributed by atoms with van der Waals surface area (Å²) < 4.78 is 1.76. The van der Waals surface area contributed by atoms with E-state index in [1.54, 1.807) is 11.0 Å². The van der Waals surface area contributed by atoms with Crippen LogP contribution >= 0.6 is 0 Å². The molecule has 1 fully saturated rings. The van der Waals surface area contributed by atoms with E-state index in [1.807, 2.05) is 7.05 Å². The number of aryl methyl sites for hydroxylation is 2. The van der Waals surface area contributed by atoms with Gasteiger partial charge in [-0.3, -0.25) is 4.68 Å². The summed E-state index contributed by atoms with van der Waals surface area (Å²) in [6.45, 7) is 7.64. The van der Waals surface area contributed by atoms with Crippen molar-refractivity contribution >= 4 is 11.6 Å². The van der Waals surface area contributed by atoms with Gasteiger partial charge in [-0.1, -0.05) is 17.7 Å². The van der Waals surface area contributed by atoms with Gasteiger partial charge in [0.05, 0.1) is 0 Å². The van der Waals surface area contributed by atoms with Crippen LogP contribution in [0.2, 0.25) is 0 Å². The molecule has 2 aromatic rings. The van der Waals surface area contributed by atoms with Crippen LogP contribution in [0.3, 0.4) is 0 Å². The molecule has 0 radical (unpaired) electrons. The fourth-order valence-electron chi connectivity index (χ4n) is 3.21. The summed E-state index contributed by atoms with van der Waals surface area (Å²) in [6, 6.07) is 9.16. The molecule has 1 aliphatic rings. The zero-order valence-electron chi connectivity index (χ0n) is 15.9. The third-order valence-corrected chi connectivity index (χ3v) is 4.69. The largest absolute Gasteiger partial charge is 0.369 e. The van der Waals surface area contributed by atoms with Crippen LogP contribution in [0.25, 0.3) is 0 Å². The first kappa shape index (κ1) is 18.2. The topological polar surface area (TPSA) is 70.4 Å². The predicted octanol–water partition coefficient (Wildman–Crippen LogP) is 1.85. The smallest absolute Gasteiger partial charge is 0.191 e. The lowest BCUT2D eigenvalue weighted by atomic mass is 10.0. The lowest BCUT2D eigenvalue weighted by Gasteiger charge is -2.35. The molecule has 26 heavy (non-hydrogen) atoms. The van der Waals surface area contributed by atoms with E-state index in [2.05, 4.69) is 68.7 Å². The number of nitrogens with zero attached hydrogens (tertiary/aromatic N) is 5. The van der Waals surface area contributed by atoms with E-state index < -0.39 is 0 Å². The van der Waals surface area contributed by atoms with Gasteiger partial charge in [0.25, 0.3) is 0 Å². The number of benzene rings is 1. The fraction of sp³-hybridized carbons (Fsp3) is 0.526. The summed E-state index contributed by atoms with van der Waals surface area (Å²) in [4.78, 5) is 11.4. The molecule has 3 rings (SSSR count). The molecule has 1 atom stereocenters. The normalized spacial score (nSPS) is 18.0. The molecule has 0 aliphatic carbocycles. The number of aliphatic imine (C=N–C) groups is 1. The number of hydrogen-bond donors (Lipinski definition) is 2. The summed E-state index contributed by atoms with van der Waals surface area (Å²) in [5, 5.41) is 11.0. The van der Waals surface area contributed by atoms with Crippen LogP contribution in [0.5, 0.6) is 0 Å². The van der Waals surface area contributed by atoms with Crippen LogP contribution in [-0.2, 0) is 13.6 Å². The maximum absolute atomic E-state index is 4.67. The zero-order valence-corrected chi connectivity index (χ0v) is 15.9. The molecule has 2 N–H and O–H groups in total. The van der Waals surface area contributed by atoms with Gasteiger partial charge in [-0.25, -0.2) is 9.98 Å². The standard InChI is InChI=1S/C19H29N7/c1-4-20-19(21-12-18-22-14-23-25(18)3)24-16-6-5-11-26(13-16)17-9-7-15(2)8-10-17/h7-10,14,16H,4-6,11-13H2,1-3H3,(H2,20,21,24). The SMILES string of the molecule is CCNC(=NCc1ncnn1C)NC1CCCN(c2ccc(C)cc2)C1. The Morgan fingerprint density at radius 2 is 2.12 bits per heavy atom. The fourth-order valence-corrected chi connectivity index (χ4v) is 3.21.